The molecule has 4 aromatic rings. The maximum Gasteiger partial charge on any atom is 0.138 e. The molecule has 4 rings (SSSR count). The van der Waals surface area contributed by atoms with Gasteiger partial charge in [-0.1, -0.05) is 11.6 Å². The maximum absolute atomic E-state index is 5.98. The van der Waals surface area contributed by atoms with Crippen LogP contribution in [-0.2, 0) is 7.05 Å². The summed E-state index contributed by atoms with van der Waals surface area (Å²) in [5.41, 5.74) is 3.83. The molecule has 20 heavy (non-hydrogen) atoms. The number of aromatic amines is 1. The summed E-state index contributed by atoms with van der Waals surface area (Å²) in [6.45, 7) is 0. The Kier molecular flexibility index (Phi) is 2.31. The lowest BCUT2D eigenvalue weighted by Gasteiger charge is -1.97. The average Bonchev–Trinajstić information content (AvgIpc) is 3.02. The quantitative estimate of drug-likeness (QED) is 0.546. The molecule has 5 nitrogen and oxygen atoms in total. The van der Waals surface area contributed by atoms with Gasteiger partial charge in [-0.3, -0.25) is 4.68 Å². The van der Waals surface area contributed by atoms with Crippen LogP contribution in [0.25, 0.3) is 33.1 Å². The van der Waals surface area contributed by atoms with Crippen LogP contribution in [0.15, 0.2) is 36.9 Å². The summed E-state index contributed by atoms with van der Waals surface area (Å²) in [6, 6.07) is 3.94. The van der Waals surface area contributed by atoms with E-state index in [0.717, 1.165) is 33.1 Å². The highest BCUT2D eigenvalue weighted by molar-refractivity contribution is 6.30. The first-order valence-corrected chi connectivity index (χ1v) is 6.50. The van der Waals surface area contributed by atoms with Crippen molar-refractivity contribution >= 4 is 33.5 Å². The van der Waals surface area contributed by atoms with Gasteiger partial charge >= 0.3 is 0 Å². The van der Waals surface area contributed by atoms with Crippen LogP contribution in [0.5, 0.6) is 0 Å². The van der Waals surface area contributed by atoms with Crippen molar-refractivity contribution in [2.45, 2.75) is 0 Å². The highest BCUT2D eigenvalue weighted by atomic mass is 35.5. The van der Waals surface area contributed by atoms with Gasteiger partial charge in [-0.15, -0.1) is 0 Å². The zero-order chi connectivity index (χ0) is 13.7. The van der Waals surface area contributed by atoms with Crippen molar-refractivity contribution in [3.63, 3.8) is 0 Å². The number of aryl methyl sites for hydroxylation is 1. The minimum atomic E-state index is 0.477. The summed E-state index contributed by atoms with van der Waals surface area (Å²) in [6.07, 6.45) is 7.35. The summed E-state index contributed by atoms with van der Waals surface area (Å²) >= 11 is 5.98. The molecule has 0 aliphatic rings. The molecule has 0 bridgehead atoms. The molecule has 0 unspecified atom stereocenters. The molecular weight excluding hydrogens is 274 g/mol. The minimum absolute atomic E-state index is 0.477. The fraction of sp³-hybridized carbons (Fsp3) is 0.0714. The molecule has 4 heterocycles. The highest BCUT2D eigenvalue weighted by Crippen LogP contribution is 2.29. The fourth-order valence-electron chi connectivity index (χ4n) is 2.38. The number of H-pyrrole nitrogens is 1. The Labute approximate surface area is 119 Å². The molecule has 0 aliphatic carbocycles. The van der Waals surface area contributed by atoms with Crippen molar-refractivity contribution in [3.05, 3.63) is 42.1 Å². The Balaban J connectivity index is 2.02. The zero-order valence-corrected chi connectivity index (χ0v) is 11.4. The van der Waals surface area contributed by atoms with Crippen molar-refractivity contribution < 1.29 is 0 Å². The molecule has 0 saturated carbocycles. The summed E-state index contributed by atoms with van der Waals surface area (Å²) in [4.78, 5) is 11.8. The van der Waals surface area contributed by atoms with Gasteiger partial charge in [0, 0.05) is 41.3 Å². The summed E-state index contributed by atoms with van der Waals surface area (Å²) in [5, 5.41) is 6.72. The third kappa shape index (κ3) is 1.67. The van der Waals surface area contributed by atoms with Gasteiger partial charge in [-0.25, -0.2) is 9.97 Å². The van der Waals surface area contributed by atoms with Gasteiger partial charge in [0.1, 0.15) is 10.8 Å². The van der Waals surface area contributed by atoms with E-state index >= 15 is 0 Å². The van der Waals surface area contributed by atoms with Gasteiger partial charge in [0.15, 0.2) is 0 Å². The second-order valence-electron chi connectivity index (χ2n) is 4.70. The van der Waals surface area contributed by atoms with Crippen molar-refractivity contribution in [1.82, 2.24) is 24.7 Å². The number of fused-ring (bicyclic) bond motifs is 3. The molecule has 0 atom stereocenters. The smallest absolute Gasteiger partial charge is 0.138 e. The predicted octanol–water partition coefficient (Wildman–Crippen LogP) is 3.17. The van der Waals surface area contributed by atoms with E-state index in [1.54, 1.807) is 10.9 Å². The summed E-state index contributed by atoms with van der Waals surface area (Å²) < 4.78 is 1.77. The molecule has 0 saturated heterocycles. The van der Waals surface area contributed by atoms with E-state index in [0.29, 0.717) is 5.15 Å². The van der Waals surface area contributed by atoms with E-state index in [2.05, 4.69) is 26.1 Å². The van der Waals surface area contributed by atoms with Crippen LogP contribution >= 0.6 is 11.6 Å². The monoisotopic (exact) mass is 283 g/mol. The lowest BCUT2D eigenvalue weighted by molar-refractivity contribution is 0.768. The van der Waals surface area contributed by atoms with Crippen LogP contribution in [0.2, 0.25) is 5.15 Å². The van der Waals surface area contributed by atoms with Gasteiger partial charge in [0.25, 0.3) is 0 Å². The maximum atomic E-state index is 5.98. The number of halogens is 1. The zero-order valence-electron chi connectivity index (χ0n) is 10.6. The standard InChI is InChI=1S/C14H10ClN5/c1-20-7-9(5-18-20)8-2-11-10-3-13(15)16-6-12(10)19-14(11)17-4-8/h2-7H,1H3,(H,17,19). The van der Waals surface area contributed by atoms with E-state index in [1.165, 1.54) is 0 Å². The topological polar surface area (TPSA) is 59.4 Å². The second kappa shape index (κ2) is 4.05. The largest absolute Gasteiger partial charge is 0.338 e. The lowest BCUT2D eigenvalue weighted by atomic mass is 10.1. The van der Waals surface area contributed by atoms with E-state index in [-0.39, 0.29) is 0 Å². The van der Waals surface area contributed by atoms with Crippen molar-refractivity contribution in [2.24, 2.45) is 7.05 Å². The number of rotatable bonds is 1. The Morgan fingerprint density at radius 3 is 2.75 bits per heavy atom. The lowest BCUT2D eigenvalue weighted by Crippen LogP contribution is -1.84. The van der Waals surface area contributed by atoms with Crippen LogP contribution < -0.4 is 0 Å². The van der Waals surface area contributed by atoms with Crippen LogP contribution in [0.4, 0.5) is 0 Å². The molecule has 0 spiro atoms. The Morgan fingerprint density at radius 2 is 1.95 bits per heavy atom. The Hall–Kier alpha value is -2.40. The molecule has 1 N–H and O–H groups in total. The summed E-state index contributed by atoms with van der Waals surface area (Å²) in [7, 11) is 1.90. The number of hydrogen-bond acceptors (Lipinski definition) is 3. The van der Waals surface area contributed by atoms with Crippen LogP contribution in [0, 0.1) is 0 Å². The fourth-order valence-corrected chi connectivity index (χ4v) is 2.54. The van der Waals surface area contributed by atoms with Crippen molar-refractivity contribution in [1.29, 1.82) is 0 Å². The first-order valence-electron chi connectivity index (χ1n) is 6.13. The third-order valence-corrected chi connectivity index (χ3v) is 3.55. The van der Waals surface area contributed by atoms with Gasteiger partial charge in [-0.2, -0.15) is 5.10 Å². The highest BCUT2D eigenvalue weighted by Gasteiger charge is 2.09. The van der Waals surface area contributed by atoms with Crippen LogP contribution in [0.1, 0.15) is 0 Å². The molecule has 0 aromatic carbocycles. The number of hydrogen-bond donors (Lipinski definition) is 1. The van der Waals surface area contributed by atoms with E-state index in [1.807, 2.05) is 31.7 Å². The normalized spacial score (nSPS) is 11.5. The Bertz CT molecular complexity index is 937. The van der Waals surface area contributed by atoms with Gasteiger partial charge in [-0.05, 0) is 12.1 Å². The molecule has 98 valence electrons. The van der Waals surface area contributed by atoms with Crippen molar-refractivity contribution in [2.75, 3.05) is 0 Å². The van der Waals surface area contributed by atoms with Crippen molar-refractivity contribution in [3.8, 4) is 11.1 Å². The van der Waals surface area contributed by atoms with E-state index in [4.69, 9.17) is 11.6 Å². The third-order valence-electron chi connectivity index (χ3n) is 3.34. The molecule has 6 heteroatoms. The summed E-state index contributed by atoms with van der Waals surface area (Å²) in [5.74, 6) is 0. The molecule has 0 amide bonds. The van der Waals surface area contributed by atoms with Crippen LogP contribution in [-0.4, -0.2) is 24.7 Å². The second-order valence-corrected chi connectivity index (χ2v) is 5.09. The first kappa shape index (κ1) is 11.4. The molecule has 0 fully saturated rings. The van der Waals surface area contributed by atoms with E-state index < -0.39 is 0 Å². The van der Waals surface area contributed by atoms with Gasteiger partial charge < -0.3 is 4.98 Å². The van der Waals surface area contributed by atoms with E-state index in [9.17, 15) is 0 Å². The Morgan fingerprint density at radius 1 is 1.05 bits per heavy atom. The van der Waals surface area contributed by atoms with Gasteiger partial charge in [0.2, 0.25) is 0 Å². The van der Waals surface area contributed by atoms with Gasteiger partial charge in [0.05, 0.1) is 17.9 Å². The molecule has 4 aromatic heterocycles. The average molecular weight is 284 g/mol. The van der Waals surface area contributed by atoms with Crippen LogP contribution in [0.3, 0.4) is 0 Å². The number of aromatic nitrogens is 5. The SMILES string of the molecule is Cn1cc(-c2cnc3[nH]c4cnc(Cl)cc4c3c2)cn1. The number of nitrogens with zero attached hydrogens (tertiary/aromatic N) is 4. The number of nitrogens with one attached hydrogen (secondary N) is 1. The minimum Gasteiger partial charge on any atom is -0.338 e. The molecular formula is C14H10ClN5. The molecule has 0 aliphatic heterocycles. The number of pyridine rings is 2. The first-order chi connectivity index (χ1) is 9.70. The predicted molar refractivity (Wildman–Crippen MR) is 78.6 cm³/mol. The molecule has 0 radical (unpaired) electrons.